The predicted molar refractivity (Wildman–Crippen MR) is 62.7 cm³/mol. The second-order valence-corrected chi connectivity index (χ2v) is 4.43. The molecule has 0 unspecified atom stereocenters. The molecule has 0 spiro atoms. The van der Waals surface area contributed by atoms with Gasteiger partial charge in [-0.3, -0.25) is 4.79 Å². The number of benzene rings is 1. The molecule has 1 aromatic carbocycles. The maximum Gasteiger partial charge on any atom is 0.314 e. The van der Waals surface area contributed by atoms with Crippen molar-refractivity contribution >= 4 is 5.97 Å². The van der Waals surface area contributed by atoms with E-state index in [1.807, 2.05) is 0 Å². The number of carboxylic acid groups (broad SMARTS) is 1. The molecule has 1 N–H and O–H groups in total. The van der Waals surface area contributed by atoms with Crippen molar-refractivity contribution in [1.82, 2.24) is 0 Å². The smallest absolute Gasteiger partial charge is 0.314 e. The van der Waals surface area contributed by atoms with Gasteiger partial charge < -0.3 is 14.6 Å². The Labute approximate surface area is 104 Å². The normalized spacial score (nSPS) is 16.8. The Kier molecular flexibility index (Phi) is 3.15. The van der Waals surface area contributed by atoms with E-state index in [9.17, 15) is 14.3 Å². The fourth-order valence-corrected chi connectivity index (χ4v) is 2.40. The van der Waals surface area contributed by atoms with E-state index in [0.717, 1.165) is 6.42 Å². The minimum atomic E-state index is -1.15. The Morgan fingerprint density at radius 1 is 1.33 bits per heavy atom. The molecule has 1 aliphatic rings. The van der Waals surface area contributed by atoms with Gasteiger partial charge >= 0.3 is 5.97 Å². The fraction of sp³-hybridized carbons (Fsp3) is 0.462. The number of carbonyl (C=O) groups is 1. The number of carboxylic acids is 1. The highest BCUT2D eigenvalue weighted by Gasteiger charge is 2.49. The van der Waals surface area contributed by atoms with Gasteiger partial charge in [-0.15, -0.1) is 0 Å². The van der Waals surface area contributed by atoms with Crippen LogP contribution in [0, 0.1) is 5.82 Å². The monoisotopic (exact) mass is 254 g/mol. The first kappa shape index (κ1) is 12.7. The van der Waals surface area contributed by atoms with Crippen molar-refractivity contribution in [3.8, 4) is 11.5 Å². The molecule has 1 saturated carbocycles. The van der Waals surface area contributed by atoms with Crippen LogP contribution in [0.5, 0.6) is 11.5 Å². The van der Waals surface area contributed by atoms with Gasteiger partial charge in [0.05, 0.1) is 19.6 Å². The fourth-order valence-electron chi connectivity index (χ4n) is 2.40. The summed E-state index contributed by atoms with van der Waals surface area (Å²) in [5.74, 6) is -1.05. The molecule has 0 atom stereocenters. The molecular weight excluding hydrogens is 239 g/mol. The lowest BCUT2D eigenvalue weighted by Gasteiger charge is -2.39. The van der Waals surface area contributed by atoms with Gasteiger partial charge in [-0.1, -0.05) is 6.42 Å². The van der Waals surface area contributed by atoms with Crippen LogP contribution >= 0.6 is 0 Å². The maximum atomic E-state index is 14.1. The lowest BCUT2D eigenvalue weighted by molar-refractivity contribution is -0.147. The lowest BCUT2D eigenvalue weighted by Crippen LogP contribution is -2.43. The molecule has 5 heteroatoms. The third-order valence-corrected chi connectivity index (χ3v) is 3.58. The van der Waals surface area contributed by atoms with E-state index < -0.39 is 17.2 Å². The minimum absolute atomic E-state index is 0.129. The van der Waals surface area contributed by atoms with Gasteiger partial charge in [-0.05, 0) is 12.8 Å². The summed E-state index contributed by atoms with van der Waals surface area (Å²) in [4.78, 5) is 11.4. The van der Waals surface area contributed by atoms with Crippen molar-refractivity contribution < 1.29 is 23.8 Å². The summed E-state index contributed by atoms with van der Waals surface area (Å²) < 4.78 is 24.2. The van der Waals surface area contributed by atoms with Crippen molar-refractivity contribution in [1.29, 1.82) is 0 Å². The van der Waals surface area contributed by atoms with Crippen LogP contribution in [-0.2, 0) is 10.2 Å². The second kappa shape index (κ2) is 4.48. The average Bonchev–Trinajstić information content (AvgIpc) is 2.28. The summed E-state index contributed by atoms with van der Waals surface area (Å²) >= 11 is 0. The Morgan fingerprint density at radius 3 is 2.39 bits per heavy atom. The number of rotatable bonds is 4. The van der Waals surface area contributed by atoms with Gasteiger partial charge in [0, 0.05) is 17.7 Å². The van der Waals surface area contributed by atoms with Gasteiger partial charge in [0.1, 0.15) is 17.3 Å². The van der Waals surface area contributed by atoms with Crippen molar-refractivity contribution in [3.05, 3.63) is 23.5 Å². The summed E-state index contributed by atoms with van der Waals surface area (Å²) in [6.07, 6.45) is 1.64. The highest BCUT2D eigenvalue weighted by atomic mass is 19.1. The van der Waals surface area contributed by atoms with Crippen molar-refractivity contribution in [2.75, 3.05) is 14.2 Å². The summed E-state index contributed by atoms with van der Waals surface area (Å²) in [5, 5.41) is 9.35. The molecule has 1 aromatic rings. The molecule has 98 valence electrons. The average molecular weight is 254 g/mol. The molecule has 1 aliphatic carbocycles. The van der Waals surface area contributed by atoms with E-state index in [1.165, 1.54) is 26.4 Å². The number of halogens is 1. The molecule has 18 heavy (non-hydrogen) atoms. The maximum absolute atomic E-state index is 14.1. The van der Waals surface area contributed by atoms with Crippen LogP contribution in [0.3, 0.4) is 0 Å². The third-order valence-electron chi connectivity index (χ3n) is 3.58. The third kappa shape index (κ3) is 1.70. The zero-order chi connectivity index (χ0) is 13.3. The topological polar surface area (TPSA) is 55.8 Å². The molecule has 0 radical (unpaired) electrons. The molecule has 0 heterocycles. The SMILES string of the molecule is COc1cc(F)c(C2(C(=O)O)CCC2)c(OC)c1. The van der Waals surface area contributed by atoms with Gasteiger partial charge in [0.25, 0.3) is 0 Å². The first-order chi connectivity index (χ1) is 8.55. The summed E-state index contributed by atoms with van der Waals surface area (Å²) in [7, 11) is 2.82. The Hall–Kier alpha value is -1.78. The Balaban J connectivity index is 2.59. The van der Waals surface area contributed by atoms with E-state index in [4.69, 9.17) is 9.47 Å². The van der Waals surface area contributed by atoms with Crippen molar-refractivity contribution in [2.45, 2.75) is 24.7 Å². The van der Waals surface area contributed by atoms with E-state index in [-0.39, 0.29) is 11.3 Å². The van der Waals surface area contributed by atoms with Crippen LogP contribution in [-0.4, -0.2) is 25.3 Å². The number of methoxy groups -OCH3 is 2. The van der Waals surface area contributed by atoms with E-state index in [1.54, 1.807) is 0 Å². The molecule has 0 bridgehead atoms. The summed E-state index contributed by atoms with van der Waals surface area (Å²) in [5.41, 5.74) is -1.02. The summed E-state index contributed by atoms with van der Waals surface area (Å²) in [6.45, 7) is 0. The van der Waals surface area contributed by atoms with Crippen LogP contribution < -0.4 is 9.47 Å². The van der Waals surface area contributed by atoms with E-state index in [2.05, 4.69) is 0 Å². The minimum Gasteiger partial charge on any atom is -0.497 e. The van der Waals surface area contributed by atoms with Crippen LogP contribution in [0.2, 0.25) is 0 Å². The molecular formula is C13H15FO4. The lowest BCUT2D eigenvalue weighted by atomic mass is 9.64. The molecule has 0 amide bonds. The van der Waals surface area contributed by atoms with Crippen molar-refractivity contribution in [3.63, 3.8) is 0 Å². The zero-order valence-electron chi connectivity index (χ0n) is 10.3. The molecule has 2 rings (SSSR count). The number of hydrogen-bond donors (Lipinski definition) is 1. The molecule has 0 saturated heterocycles. The van der Waals surface area contributed by atoms with Crippen LogP contribution in [0.15, 0.2) is 12.1 Å². The van der Waals surface area contributed by atoms with Crippen LogP contribution in [0.1, 0.15) is 24.8 Å². The molecule has 0 aromatic heterocycles. The zero-order valence-corrected chi connectivity index (χ0v) is 10.3. The number of ether oxygens (including phenoxy) is 2. The van der Waals surface area contributed by atoms with Gasteiger partial charge in [0.15, 0.2) is 0 Å². The molecule has 4 nitrogen and oxygen atoms in total. The van der Waals surface area contributed by atoms with Crippen molar-refractivity contribution in [2.24, 2.45) is 0 Å². The number of hydrogen-bond acceptors (Lipinski definition) is 3. The van der Waals surface area contributed by atoms with Gasteiger partial charge in [0.2, 0.25) is 0 Å². The first-order valence-corrected chi connectivity index (χ1v) is 5.70. The summed E-state index contributed by atoms with van der Waals surface area (Å²) in [6, 6.07) is 2.71. The Morgan fingerprint density at radius 2 is 2.00 bits per heavy atom. The van der Waals surface area contributed by atoms with Crippen LogP contribution in [0.4, 0.5) is 4.39 Å². The van der Waals surface area contributed by atoms with E-state index >= 15 is 0 Å². The largest absolute Gasteiger partial charge is 0.497 e. The standard InChI is InChI=1S/C13H15FO4/c1-17-8-6-9(14)11(10(7-8)18-2)13(12(15)16)4-3-5-13/h6-7H,3-5H2,1-2H3,(H,15,16). The first-order valence-electron chi connectivity index (χ1n) is 5.70. The molecule has 1 fully saturated rings. The highest BCUT2D eigenvalue weighted by Crippen LogP contribution is 2.49. The predicted octanol–water partition coefficient (Wildman–Crippen LogP) is 2.35. The second-order valence-electron chi connectivity index (χ2n) is 4.43. The Bertz CT molecular complexity index is 480. The molecule has 0 aliphatic heterocycles. The van der Waals surface area contributed by atoms with E-state index in [0.29, 0.717) is 18.6 Å². The highest BCUT2D eigenvalue weighted by molar-refractivity contribution is 5.84. The van der Waals surface area contributed by atoms with Crippen LogP contribution in [0.25, 0.3) is 0 Å². The van der Waals surface area contributed by atoms with Gasteiger partial charge in [-0.25, -0.2) is 4.39 Å². The number of aliphatic carboxylic acids is 1. The quantitative estimate of drug-likeness (QED) is 0.896. The van der Waals surface area contributed by atoms with Gasteiger partial charge in [-0.2, -0.15) is 0 Å².